The minimum absolute atomic E-state index is 0.274. The van der Waals surface area contributed by atoms with Crippen molar-refractivity contribution in [3.63, 3.8) is 0 Å². The standard InChI is InChI=1S/C10H8FNO/c11-10-4-8-5-12-2-1-7(8)3-9(10)6-13/h1-5,13H,6H2. The van der Waals surface area contributed by atoms with Gasteiger partial charge in [-0.05, 0) is 23.6 Å². The van der Waals surface area contributed by atoms with E-state index in [0.717, 1.165) is 10.8 Å². The Morgan fingerprint density at radius 1 is 1.31 bits per heavy atom. The van der Waals surface area contributed by atoms with E-state index in [4.69, 9.17) is 5.11 Å². The van der Waals surface area contributed by atoms with Crippen LogP contribution < -0.4 is 0 Å². The number of aromatic nitrogens is 1. The third-order valence-corrected chi connectivity index (χ3v) is 1.98. The zero-order valence-electron chi connectivity index (χ0n) is 6.87. The third-order valence-electron chi connectivity index (χ3n) is 1.98. The summed E-state index contributed by atoms with van der Waals surface area (Å²) in [4.78, 5) is 3.88. The fraction of sp³-hybridized carbons (Fsp3) is 0.100. The molecule has 0 aliphatic carbocycles. The predicted octanol–water partition coefficient (Wildman–Crippen LogP) is 1.87. The molecule has 1 aromatic carbocycles. The highest BCUT2D eigenvalue weighted by molar-refractivity contribution is 5.82. The molecule has 2 rings (SSSR count). The quantitative estimate of drug-likeness (QED) is 0.721. The molecule has 0 saturated heterocycles. The van der Waals surface area contributed by atoms with Gasteiger partial charge in [0.25, 0.3) is 0 Å². The number of hydrogen-bond acceptors (Lipinski definition) is 2. The first kappa shape index (κ1) is 8.13. The Hall–Kier alpha value is -1.48. The van der Waals surface area contributed by atoms with E-state index in [1.54, 1.807) is 24.5 Å². The van der Waals surface area contributed by atoms with Crippen molar-refractivity contribution in [1.82, 2.24) is 4.98 Å². The van der Waals surface area contributed by atoms with E-state index in [1.807, 2.05) is 0 Å². The summed E-state index contributed by atoms with van der Waals surface area (Å²) in [7, 11) is 0. The molecule has 3 heteroatoms. The number of aliphatic hydroxyl groups excluding tert-OH is 1. The number of halogens is 1. The summed E-state index contributed by atoms with van der Waals surface area (Å²) < 4.78 is 13.1. The first-order valence-corrected chi connectivity index (χ1v) is 3.94. The Balaban J connectivity index is 2.74. The van der Waals surface area contributed by atoms with E-state index in [-0.39, 0.29) is 12.4 Å². The Kier molecular flexibility index (Phi) is 1.94. The molecule has 1 heterocycles. The molecule has 0 amide bonds. The number of fused-ring (bicyclic) bond motifs is 1. The van der Waals surface area contributed by atoms with Crippen LogP contribution in [-0.2, 0) is 6.61 Å². The van der Waals surface area contributed by atoms with Crippen molar-refractivity contribution in [2.45, 2.75) is 6.61 Å². The first-order chi connectivity index (χ1) is 6.31. The maximum Gasteiger partial charge on any atom is 0.129 e. The van der Waals surface area contributed by atoms with Crippen molar-refractivity contribution in [1.29, 1.82) is 0 Å². The number of nitrogens with zero attached hydrogens (tertiary/aromatic N) is 1. The van der Waals surface area contributed by atoms with E-state index < -0.39 is 0 Å². The monoisotopic (exact) mass is 177 g/mol. The molecule has 0 bridgehead atoms. The van der Waals surface area contributed by atoms with Crippen LogP contribution in [-0.4, -0.2) is 10.1 Å². The van der Waals surface area contributed by atoms with Gasteiger partial charge >= 0.3 is 0 Å². The fourth-order valence-corrected chi connectivity index (χ4v) is 1.28. The van der Waals surface area contributed by atoms with Crippen LogP contribution in [0.25, 0.3) is 10.8 Å². The van der Waals surface area contributed by atoms with Crippen LogP contribution in [0.1, 0.15) is 5.56 Å². The lowest BCUT2D eigenvalue weighted by Crippen LogP contribution is -1.89. The molecule has 0 spiro atoms. The molecule has 0 aliphatic heterocycles. The van der Waals surface area contributed by atoms with Crippen LogP contribution in [0.4, 0.5) is 4.39 Å². The summed E-state index contributed by atoms with van der Waals surface area (Å²) in [6.07, 6.45) is 3.24. The number of hydrogen-bond donors (Lipinski definition) is 1. The smallest absolute Gasteiger partial charge is 0.129 e. The lowest BCUT2D eigenvalue weighted by molar-refractivity contribution is 0.276. The van der Waals surface area contributed by atoms with Crippen molar-refractivity contribution in [3.05, 3.63) is 42.0 Å². The molecule has 0 saturated carbocycles. The van der Waals surface area contributed by atoms with E-state index in [2.05, 4.69) is 4.98 Å². The Morgan fingerprint density at radius 3 is 2.92 bits per heavy atom. The maximum absolute atomic E-state index is 13.1. The lowest BCUT2D eigenvalue weighted by atomic mass is 10.1. The number of rotatable bonds is 1. The molecule has 66 valence electrons. The lowest BCUT2D eigenvalue weighted by Gasteiger charge is -2.01. The normalized spacial score (nSPS) is 10.6. The molecule has 0 fully saturated rings. The highest BCUT2D eigenvalue weighted by Crippen LogP contribution is 2.17. The van der Waals surface area contributed by atoms with Crippen molar-refractivity contribution in [2.24, 2.45) is 0 Å². The molecule has 1 N–H and O–H groups in total. The minimum Gasteiger partial charge on any atom is -0.392 e. The van der Waals surface area contributed by atoms with Gasteiger partial charge in [0.15, 0.2) is 0 Å². The second-order valence-electron chi connectivity index (χ2n) is 2.82. The number of aliphatic hydroxyl groups is 1. The number of pyridine rings is 1. The summed E-state index contributed by atoms with van der Waals surface area (Å²) in [5.74, 6) is -0.386. The van der Waals surface area contributed by atoms with E-state index in [1.165, 1.54) is 6.07 Å². The average molecular weight is 177 g/mol. The van der Waals surface area contributed by atoms with Gasteiger partial charge in [-0.3, -0.25) is 4.98 Å². The predicted molar refractivity (Wildman–Crippen MR) is 47.6 cm³/mol. The van der Waals surface area contributed by atoms with Gasteiger partial charge in [-0.15, -0.1) is 0 Å². The van der Waals surface area contributed by atoms with Gasteiger partial charge in [-0.2, -0.15) is 0 Å². The molecule has 2 aromatic rings. The van der Waals surface area contributed by atoms with Crippen molar-refractivity contribution >= 4 is 10.8 Å². The van der Waals surface area contributed by atoms with Gasteiger partial charge in [0.05, 0.1) is 6.61 Å². The van der Waals surface area contributed by atoms with Gasteiger partial charge in [0.1, 0.15) is 5.82 Å². The molecule has 0 atom stereocenters. The Bertz CT molecular complexity index is 442. The largest absolute Gasteiger partial charge is 0.392 e. The summed E-state index contributed by atoms with van der Waals surface area (Å²) in [5.41, 5.74) is 0.318. The molecule has 0 aliphatic rings. The van der Waals surface area contributed by atoms with Crippen LogP contribution in [0, 0.1) is 5.82 Å². The van der Waals surface area contributed by atoms with Gasteiger partial charge in [0.2, 0.25) is 0 Å². The van der Waals surface area contributed by atoms with Crippen LogP contribution in [0.15, 0.2) is 30.6 Å². The Morgan fingerprint density at radius 2 is 2.15 bits per heavy atom. The van der Waals surface area contributed by atoms with Crippen LogP contribution in [0.2, 0.25) is 0 Å². The van der Waals surface area contributed by atoms with Crippen LogP contribution >= 0.6 is 0 Å². The van der Waals surface area contributed by atoms with Gasteiger partial charge in [-0.25, -0.2) is 4.39 Å². The SMILES string of the molecule is OCc1cc2ccncc2cc1F. The maximum atomic E-state index is 13.1. The molecular formula is C10H8FNO. The topological polar surface area (TPSA) is 33.1 Å². The molecule has 0 radical (unpaired) electrons. The molecule has 2 nitrogen and oxygen atoms in total. The minimum atomic E-state index is -0.386. The third kappa shape index (κ3) is 1.38. The second kappa shape index (κ2) is 3.11. The highest BCUT2D eigenvalue weighted by Gasteiger charge is 2.02. The van der Waals surface area contributed by atoms with E-state index in [0.29, 0.717) is 5.56 Å². The van der Waals surface area contributed by atoms with E-state index in [9.17, 15) is 4.39 Å². The van der Waals surface area contributed by atoms with Crippen molar-refractivity contribution in [2.75, 3.05) is 0 Å². The first-order valence-electron chi connectivity index (χ1n) is 3.94. The van der Waals surface area contributed by atoms with Crippen molar-refractivity contribution in [3.8, 4) is 0 Å². The highest BCUT2D eigenvalue weighted by atomic mass is 19.1. The fourth-order valence-electron chi connectivity index (χ4n) is 1.28. The molecule has 13 heavy (non-hydrogen) atoms. The number of benzene rings is 1. The summed E-state index contributed by atoms with van der Waals surface area (Å²) >= 11 is 0. The molecular weight excluding hydrogens is 169 g/mol. The van der Waals surface area contributed by atoms with Crippen molar-refractivity contribution < 1.29 is 9.50 Å². The van der Waals surface area contributed by atoms with E-state index >= 15 is 0 Å². The molecule has 0 unspecified atom stereocenters. The average Bonchev–Trinajstić information content (AvgIpc) is 2.17. The molecule has 1 aromatic heterocycles. The van der Waals surface area contributed by atoms with Crippen LogP contribution in [0.3, 0.4) is 0 Å². The summed E-state index contributed by atoms with van der Waals surface area (Å²) in [5, 5.41) is 10.5. The summed E-state index contributed by atoms with van der Waals surface area (Å²) in [6, 6.07) is 4.80. The zero-order chi connectivity index (χ0) is 9.26. The van der Waals surface area contributed by atoms with Gasteiger partial charge < -0.3 is 5.11 Å². The second-order valence-corrected chi connectivity index (χ2v) is 2.82. The van der Waals surface area contributed by atoms with Crippen LogP contribution in [0.5, 0.6) is 0 Å². The Labute approximate surface area is 74.7 Å². The van der Waals surface area contributed by atoms with Gasteiger partial charge in [0, 0.05) is 23.3 Å². The summed E-state index contributed by atoms with van der Waals surface area (Å²) in [6.45, 7) is -0.274. The zero-order valence-corrected chi connectivity index (χ0v) is 6.87. The van der Waals surface area contributed by atoms with Gasteiger partial charge in [-0.1, -0.05) is 0 Å².